The van der Waals surface area contributed by atoms with Crippen molar-refractivity contribution in [3.8, 4) is 0 Å². The lowest BCUT2D eigenvalue weighted by molar-refractivity contribution is -0.384. The molecule has 3 rings (SSSR count). The number of nitro benzene ring substituents is 1. The van der Waals surface area contributed by atoms with Gasteiger partial charge in [-0.2, -0.15) is 12.6 Å². The van der Waals surface area contributed by atoms with Crippen LogP contribution in [-0.4, -0.2) is 46.8 Å². The zero-order valence-electron chi connectivity index (χ0n) is 15.4. The van der Waals surface area contributed by atoms with Crippen LogP contribution in [0.3, 0.4) is 0 Å². The van der Waals surface area contributed by atoms with E-state index >= 15 is 0 Å². The molecular formula is C19H27N3O4S. The molecule has 0 radical (unpaired) electrons. The van der Waals surface area contributed by atoms with Crippen LogP contribution < -0.4 is 5.32 Å². The normalized spacial score (nSPS) is 25.9. The first-order chi connectivity index (χ1) is 13.0. The van der Waals surface area contributed by atoms with E-state index in [0.29, 0.717) is 23.8 Å². The number of likely N-dealkylation sites (tertiary alicyclic amines) is 1. The average molecular weight is 394 g/mol. The highest BCUT2D eigenvalue weighted by molar-refractivity contribution is 7.81. The van der Waals surface area contributed by atoms with Gasteiger partial charge in [-0.25, -0.2) is 4.79 Å². The Morgan fingerprint density at radius 3 is 2.52 bits per heavy atom. The molecule has 8 heteroatoms. The Kier molecular flexibility index (Phi) is 6.95. The third-order valence-corrected chi connectivity index (χ3v) is 6.00. The van der Waals surface area contributed by atoms with Gasteiger partial charge in [0.05, 0.1) is 4.92 Å². The van der Waals surface area contributed by atoms with Crippen LogP contribution in [0.4, 0.5) is 10.5 Å². The van der Waals surface area contributed by atoms with Crippen molar-refractivity contribution in [1.29, 1.82) is 0 Å². The summed E-state index contributed by atoms with van der Waals surface area (Å²) in [5, 5.41) is 14.0. The maximum Gasteiger partial charge on any atom is 0.407 e. The van der Waals surface area contributed by atoms with E-state index in [-0.39, 0.29) is 12.3 Å². The van der Waals surface area contributed by atoms with Crippen molar-refractivity contribution in [1.82, 2.24) is 10.2 Å². The molecule has 2 aliphatic rings. The van der Waals surface area contributed by atoms with Crippen LogP contribution in [0.15, 0.2) is 24.3 Å². The summed E-state index contributed by atoms with van der Waals surface area (Å²) in [4.78, 5) is 24.6. The number of non-ortho nitro benzene ring substituents is 1. The Morgan fingerprint density at radius 2 is 1.93 bits per heavy atom. The molecule has 1 amide bonds. The molecule has 0 unspecified atom stereocenters. The van der Waals surface area contributed by atoms with Crippen molar-refractivity contribution >= 4 is 24.4 Å². The van der Waals surface area contributed by atoms with Crippen molar-refractivity contribution in [2.75, 3.05) is 19.6 Å². The van der Waals surface area contributed by atoms with Gasteiger partial charge in [0.25, 0.3) is 5.69 Å². The first kappa shape index (κ1) is 19.9. The quantitative estimate of drug-likeness (QED) is 0.440. The van der Waals surface area contributed by atoms with Crippen LogP contribution in [-0.2, 0) is 11.3 Å². The van der Waals surface area contributed by atoms with Gasteiger partial charge in [-0.05, 0) is 62.3 Å². The molecule has 7 nitrogen and oxygen atoms in total. The molecule has 27 heavy (non-hydrogen) atoms. The maximum absolute atomic E-state index is 11.9. The fraction of sp³-hybridized carbons (Fsp3) is 0.632. The molecule has 1 N–H and O–H groups in total. The molecule has 1 aliphatic heterocycles. The van der Waals surface area contributed by atoms with Gasteiger partial charge in [-0.1, -0.05) is 0 Å². The van der Waals surface area contributed by atoms with E-state index in [1.54, 1.807) is 12.1 Å². The number of nitrogens with one attached hydrogen (secondary N) is 1. The fourth-order valence-electron chi connectivity index (χ4n) is 3.96. The number of rotatable bonds is 6. The third kappa shape index (κ3) is 5.84. The number of alkyl carbamates (subject to hydrolysis) is 1. The summed E-state index contributed by atoms with van der Waals surface area (Å²) in [6.07, 6.45) is 5.37. The van der Waals surface area contributed by atoms with E-state index in [9.17, 15) is 14.9 Å². The second kappa shape index (κ2) is 9.41. The summed E-state index contributed by atoms with van der Waals surface area (Å²) in [6.45, 7) is 3.01. The van der Waals surface area contributed by atoms with Gasteiger partial charge in [0.15, 0.2) is 0 Å². The van der Waals surface area contributed by atoms with Gasteiger partial charge in [0.1, 0.15) is 6.61 Å². The highest BCUT2D eigenvalue weighted by Gasteiger charge is 2.30. The number of ether oxygens (including phenoxy) is 1. The molecule has 1 saturated carbocycles. The topological polar surface area (TPSA) is 84.7 Å². The molecule has 1 aliphatic carbocycles. The van der Waals surface area contributed by atoms with Crippen LogP contribution in [0.2, 0.25) is 0 Å². The van der Waals surface area contributed by atoms with Gasteiger partial charge in [0, 0.05) is 36.5 Å². The van der Waals surface area contributed by atoms with E-state index in [0.717, 1.165) is 31.5 Å². The zero-order valence-corrected chi connectivity index (χ0v) is 16.3. The van der Waals surface area contributed by atoms with E-state index in [1.807, 2.05) is 0 Å². The first-order valence-corrected chi connectivity index (χ1v) is 10.1. The van der Waals surface area contributed by atoms with Crippen molar-refractivity contribution in [2.24, 2.45) is 5.92 Å². The molecule has 1 saturated heterocycles. The number of nitrogens with zero attached hydrogens (tertiary/aromatic N) is 2. The van der Waals surface area contributed by atoms with Crippen LogP contribution in [0.1, 0.15) is 37.7 Å². The molecule has 1 aromatic rings. The molecule has 0 spiro atoms. The monoisotopic (exact) mass is 393 g/mol. The molecule has 0 bridgehead atoms. The van der Waals surface area contributed by atoms with Gasteiger partial charge in [0.2, 0.25) is 0 Å². The lowest BCUT2D eigenvalue weighted by Crippen LogP contribution is -2.39. The predicted molar refractivity (Wildman–Crippen MR) is 106 cm³/mol. The molecule has 148 valence electrons. The Labute approximate surface area is 165 Å². The van der Waals surface area contributed by atoms with Crippen LogP contribution in [0, 0.1) is 16.0 Å². The van der Waals surface area contributed by atoms with Crippen molar-refractivity contribution < 1.29 is 14.5 Å². The summed E-state index contributed by atoms with van der Waals surface area (Å²) in [5.41, 5.74) is 0.752. The van der Waals surface area contributed by atoms with Crippen LogP contribution in [0.5, 0.6) is 0 Å². The molecule has 1 atom stereocenters. The van der Waals surface area contributed by atoms with Crippen molar-refractivity contribution in [3.05, 3.63) is 39.9 Å². The predicted octanol–water partition coefficient (Wildman–Crippen LogP) is 3.38. The van der Waals surface area contributed by atoms with E-state index in [1.165, 1.54) is 31.4 Å². The van der Waals surface area contributed by atoms with Crippen LogP contribution in [0.25, 0.3) is 0 Å². The second-order valence-corrected chi connectivity index (χ2v) is 8.22. The van der Waals surface area contributed by atoms with Gasteiger partial charge in [-0.15, -0.1) is 0 Å². The number of benzene rings is 1. The molecule has 2 fully saturated rings. The minimum atomic E-state index is -0.452. The third-order valence-electron chi connectivity index (χ3n) is 5.58. The molecular weight excluding hydrogens is 366 g/mol. The first-order valence-electron chi connectivity index (χ1n) is 9.57. The van der Waals surface area contributed by atoms with Gasteiger partial charge < -0.3 is 10.1 Å². The standard InChI is InChI=1S/C19H27N3O4S/c23-19(26-13-15-3-7-17(8-4-15)22(24)25)20-11-14-1-5-16(6-2-14)21-10-9-18(27)12-21/h3-4,7-8,14,16,18,27H,1-2,5-6,9-13H2,(H,20,23)/t14?,16?,18-/m1/s1. The smallest absolute Gasteiger partial charge is 0.407 e. The molecule has 1 aromatic carbocycles. The Morgan fingerprint density at radius 1 is 1.22 bits per heavy atom. The van der Waals surface area contributed by atoms with E-state index < -0.39 is 11.0 Å². The second-order valence-electron chi connectivity index (χ2n) is 7.49. The van der Waals surface area contributed by atoms with Gasteiger partial charge >= 0.3 is 6.09 Å². The lowest BCUT2D eigenvalue weighted by Gasteiger charge is -2.34. The molecule has 0 aromatic heterocycles. The fourth-order valence-corrected chi connectivity index (χ4v) is 4.28. The number of hydrogen-bond acceptors (Lipinski definition) is 6. The Bertz CT molecular complexity index is 647. The number of carbonyl (C=O) groups excluding carboxylic acids is 1. The average Bonchev–Trinajstić information content (AvgIpc) is 3.12. The van der Waals surface area contributed by atoms with Crippen molar-refractivity contribution in [3.63, 3.8) is 0 Å². The summed E-state index contributed by atoms with van der Waals surface area (Å²) >= 11 is 4.57. The summed E-state index contributed by atoms with van der Waals surface area (Å²) in [5.74, 6) is 0.502. The van der Waals surface area contributed by atoms with Crippen LogP contribution >= 0.6 is 12.6 Å². The summed E-state index contributed by atoms with van der Waals surface area (Å²) < 4.78 is 5.20. The summed E-state index contributed by atoms with van der Waals surface area (Å²) in [7, 11) is 0. The number of carbonyl (C=O) groups is 1. The Hall–Kier alpha value is -1.80. The zero-order chi connectivity index (χ0) is 19.2. The highest BCUT2D eigenvalue weighted by atomic mass is 32.1. The number of thiol groups is 1. The largest absolute Gasteiger partial charge is 0.445 e. The number of hydrogen-bond donors (Lipinski definition) is 2. The maximum atomic E-state index is 11.9. The van der Waals surface area contributed by atoms with Crippen molar-refractivity contribution in [2.45, 2.75) is 50.0 Å². The number of nitro groups is 1. The summed E-state index contributed by atoms with van der Waals surface area (Å²) in [6, 6.07) is 6.69. The van der Waals surface area contributed by atoms with E-state index in [4.69, 9.17) is 4.74 Å². The minimum absolute atomic E-state index is 0.0256. The SMILES string of the molecule is O=C(NCC1CCC(N2CC[C@@H](S)C2)CC1)OCc1ccc([N+](=O)[O-])cc1. The highest BCUT2D eigenvalue weighted by Crippen LogP contribution is 2.30. The van der Waals surface area contributed by atoms with Gasteiger partial charge in [-0.3, -0.25) is 15.0 Å². The molecule has 1 heterocycles. The minimum Gasteiger partial charge on any atom is -0.445 e. The van der Waals surface area contributed by atoms with E-state index in [2.05, 4.69) is 22.8 Å². The lowest BCUT2D eigenvalue weighted by atomic mass is 9.85. The Balaban J connectivity index is 1.32. The number of amides is 1.